The molecule has 0 aromatic heterocycles. The molecule has 0 bridgehead atoms. The first-order valence-corrected chi connectivity index (χ1v) is 5.62. The number of amides is 2. The summed E-state index contributed by atoms with van der Waals surface area (Å²) in [6, 6.07) is -0.443. The number of esters is 1. The minimum Gasteiger partial charge on any atom is -0.466 e. The van der Waals surface area contributed by atoms with Gasteiger partial charge in [0.1, 0.15) is 0 Å². The monoisotopic (exact) mass is 230 g/mol. The van der Waals surface area contributed by atoms with Crippen LogP contribution < -0.4 is 10.6 Å². The molecule has 0 heterocycles. The van der Waals surface area contributed by atoms with E-state index in [0.29, 0.717) is 6.61 Å². The van der Waals surface area contributed by atoms with E-state index in [0.717, 1.165) is 0 Å². The third kappa shape index (κ3) is 5.58. The van der Waals surface area contributed by atoms with Crippen LogP contribution in [0.4, 0.5) is 4.79 Å². The largest absolute Gasteiger partial charge is 0.466 e. The molecule has 16 heavy (non-hydrogen) atoms. The number of ether oxygens (including phenoxy) is 1. The molecule has 0 aliphatic heterocycles. The van der Waals surface area contributed by atoms with Gasteiger partial charge >= 0.3 is 12.0 Å². The van der Waals surface area contributed by atoms with Gasteiger partial charge in [0.15, 0.2) is 0 Å². The Kier molecular flexibility index (Phi) is 6.53. The van der Waals surface area contributed by atoms with Crippen LogP contribution in [-0.4, -0.2) is 30.7 Å². The van der Waals surface area contributed by atoms with Crippen LogP contribution in [0, 0.1) is 5.92 Å². The third-order valence-electron chi connectivity index (χ3n) is 2.19. The minimum atomic E-state index is -0.349. The van der Waals surface area contributed by atoms with Crippen molar-refractivity contribution in [3.8, 4) is 0 Å². The number of carbonyl (C=O) groups excluding carboxylic acids is 2. The van der Waals surface area contributed by atoms with Crippen molar-refractivity contribution in [3.63, 3.8) is 0 Å². The Bertz CT molecular complexity index is 241. The van der Waals surface area contributed by atoms with Crippen LogP contribution in [0.3, 0.4) is 0 Å². The van der Waals surface area contributed by atoms with Crippen molar-refractivity contribution >= 4 is 12.0 Å². The molecule has 0 spiro atoms. The molecule has 0 rings (SSSR count). The van der Waals surface area contributed by atoms with Gasteiger partial charge in [-0.2, -0.15) is 0 Å². The number of nitrogens with one attached hydrogen (secondary N) is 2. The molecule has 2 N–H and O–H groups in total. The predicted molar refractivity (Wildman–Crippen MR) is 62.1 cm³/mol. The fourth-order valence-corrected chi connectivity index (χ4v) is 1.11. The second-order valence-electron chi connectivity index (χ2n) is 4.10. The van der Waals surface area contributed by atoms with E-state index < -0.39 is 0 Å². The molecule has 0 aromatic carbocycles. The van der Waals surface area contributed by atoms with Crippen molar-refractivity contribution < 1.29 is 14.3 Å². The average Bonchev–Trinajstić information content (AvgIpc) is 2.15. The lowest BCUT2D eigenvalue weighted by molar-refractivity contribution is -0.148. The Morgan fingerprint density at radius 1 is 1.12 bits per heavy atom. The Morgan fingerprint density at radius 2 is 1.69 bits per heavy atom. The first-order valence-electron chi connectivity index (χ1n) is 5.62. The van der Waals surface area contributed by atoms with Gasteiger partial charge in [-0.25, -0.2) is 4.79 Å². The van der Waals surface area contributed by atoms with E-state index in [-0.39, 0.29) is 30.0 Å². The Balaban J connectivity index is 4.09. The van der Waals surface area contributed by atoms with Gasteiger partial charge in [0.05, 0.1) is 12.5 Å². The maximum Gasteiger partial charge on any atom is 0.315 e. The molecule has 5 heteroatoms. The van der Waals surface area contributed by atoms with Gasteiger partial charge in [0.25, 0.3) is 0 Å². The predicted octanol–water partition coefficient (Wildman–Crippen LogP) is 1.28. The van der Waals surface area contributed by atoms with Crippen LogP contribution in [0.15, 0.2) is 0 Å². The summed E-state index contributed by atoms with van der Waals surface area (Å²) in [5.41, 5.74) is 0. The number of hydrogen-bond donors (Lipinski definition) is 2. The topological polar surface area (TPSA) is 67.4 Å². The quantitative estimate of drug-likeness (QED) is 0.699. The average molecular weight is 230 g/mol. The van der Waals surface area contributed by atoms with E-state index in [9.17, 15) is 9.59 Å². The normalized spacial score (nSPS) is 14.1. The van der Waals surface area contributed by atoms with Crippen molar-refractivity contribution in [2.45, 2.75) is 46.7 Å². The summed E-state index contributed by atoms with van der Waals surface area (Å²) in [5.74, 6) is -0.641. The van der Waals surface area contributed by atoms with Crippen LogP contribution in [0.25, 0.3) is 0 Å². The zero-order valence-electron chi connectivity index (χ0n) is 10.7. The third-order valence-corrected chi connectivity index (χ3v) is 2.19. The van der Waals surface area contributed by atoms with Crippen molar-refractivity contribution in [1.29, 1.82) is 0 Å². The molecule has 0 radical (unpaired) electrons. The number of hydrogen-bond acceptors (Lipinski definition) is 3. The maximum absolute atomic E-state index is 11.4. The van der Waals surface area contributed by atoms with E-state index in [4.69, 9.17) is 4.74 Å². The van der Waals surface area contributed by atoms with E-state index in [2.05, 4.69) is 10.6 Å². The first-order chi connectivity index (χ1) is 7.38. The second-order valence-corrected chi connectivity index (χ2v) is 4.10. The van der Waals surface area contributed by atoms with Crippen LogP contribution in [-0.2, 0) is 9.53 Å². The van der Waals surface area contributed by atoms with Crippen molar-refractivity contribution in [2.24, 2.45) is 5.92 Å². The molecule has 2 amide bonds. The highest BCUT2D eigenvalue weighted by molar-refractivity contribution is 5.77. The fraction of sp³-hybridized carbons (Fsp3) is 0.818. The van der Waals surface area contributed by atoms with E-state index in [1.165, 1.54) is 0 Å². The lowest BCUT2D eigenvalue weighted by atomic mass is 10.0. The van der Waals surface area contributed by atoms with Crippen LogP contribution in [0.1, 0.15) is 34.6 Å². The molecular formula is C11H22N2O3. The van der Waals surface area contributed by atoms with Crippen LogP contribution in [0.2, 0.25) is 0 Å². The van der Waals surface area contributed by atoms with E-state index in [1.807, 2.05) is 13.8 Å². The summed E-state index contributed by atoms with van der Waals surface area (Å²) in [6.45, 7) is 9.38. The second kappa shape index (κ2) is 7.09. The van der Waals surface area contributed by atoms with Gasteiger partial charge < -0.3 is 15.4 Å². The van der Waals surface area contributed by atoms with Gasteiger partial charge in [-0.3, -0.25) is 4.79 Å². The van der Waals surface area contributed by atoms with Crippen LogP contribution >= 0.6 is 0 Å². The highest BCUT2D eigenvalue weighted by Crippen LogP contribution is 2.05. The van der Waals surface area contributed by atoms with Crippen LogP contribution in [0.5, 0.6) is 0 Å². The summed E-state index contributed by atoms with van der Waals surface area (Å²) >= 11 is 0. The fourth-order valence-electron chi connectivity index (χ4n) is 1.11. The lowest BCUT2D eigenvalue weighted by Crippen LogP contribution is -2.47. The summed E-state index contributed by atoms with van der Waals surface area (Å²) in [7, 11) is 0. The summed E-state index contributed by atoms with van der Waals surface area (Å²) in [4.78, 5) is 22.8. The molecule has 0 saturated carbocycles. The molecule has 5 nitrogen and oxygen atoms in total. The maximum atomic E-state index is 11.4. The summed E-state index contributed by atoms with van der Waals surface area (Å²) in [6.07, 6.45) is 0. The van der Waals surface area contributed by atoms with Gasteiger partial charge in [-0.15, -0.1) is 0 Å². The smallest absolute Gasteiger partial charge is 0.315 e. The molecule has 94 valence electrons. The van der Waals surface area contributed by atoms with Gasteiger partial charge in [-0.05, 0) is 34.6 Å². The Labute approximate surface area is 96.9 Å². The molecular weight excluding hydrogens is 208 g/mol. The van der Waals surface area contributed by atoms with Gasteiger partial charge in [0.2, 0.25) is 0 Å². The van der Waals surface area contributed by atoms with Gasteiger partial charge in [0, 0.05) is 12.1 Å². The molecule has 0 unspecified atom stereocenters. The SMILES string of the molecule is CCOC(=O)[C@H](C)[C@H](C)NC(=O)NC(C)C. The molecule has 0 aromatic rings. The summed E-state index contributed by atoms with van der Waals surface area (Å²) in [5, 5.41) is 5.40. The highest BCUT2D eigenvalue weighted by Gasteiger charge is 2.22. The van der Waals surface area contributed by atoms with E-state index >= 15 is 0 Å². The number of urea groups is 1. The Morgan fingerprint density at radius 3 is 2.12 bits per heavy atom. The van der Waals surface area contributed by atoms with Crippen molar-refractivity contribution in [3.05, 3.63) is 0 Å². The zero-order valence-corrected chi connectivity index (χ0v) is 10.7. The molecule has 0 aliphatic carbocycles. The van der Waals surface area contributed by atoms with E-state index in [1.54, 1.807) is 20.8 Å². The van der Waals surface area contributed by atoms with Gasteiger partial charge in [-0.1, -0.05) is 0 Å². The highest BCUT2D eigenvalue weighted by atomic mass is 16.5. The van der Waals surface area contributed by atoms with Crippen molar-refractivity contribution in [1.82, 2.24) is 10.6 Å². The zero-order chi connectivity index (χ0) is 12.7. The van der Waals surface area contributed by atoms with Crippen molar-refractivity contribution in [2.75, 3.05) is 6.61 Å². The lowest BCUT2D eigenvalue weighted by Gasteiger charge is -2.20. The first kappa shape index (κ1) is 14.7. The molecule has 0 fully saturated rings. The standard InChI is InChI=1S/C11H22N2O3/c1-6-16-10(14)8(4)9(5)13-11(15)12-7(2)3/h7-9H,6H2,1-5H3,(H2,12,13,15)/t8-,9+/m1/s1. The Hall–Kier alpha value is -1.26. The number of carbonyl (C=O) groups is 2. The summed E-state index contributed by atoms with van der Waals surface area (Å²) < 4.78 is 4.88. The number of rotatable bonds is 5. The molecule has 2 atom stereocenters. The minimum absolute atomic E-state index is 0.0742. The molecule has 0 aliphatic rings. The molecule has 0 saturated heterocycles.